The van der Waals surface area contributed by atoms with E-state index in [2.05, 4.69) is 4.98 Å². The highest BCUT2D eigenvalue weighted by molar-refractivity contribution is 5.98. The van der Waals surface area contributed by atoms with Gasteiger partial charge in [0.25, 0.3) is 0 Å². The summed E-state index contributed by atoms with van der Waals surface area (Å²) in [5.74, 6) is 0.624. The van der Waals surface area contributed by atoms with E-state index in [9.17, 15) is 9.90 Å². The number of rotatable bonds is 3. The number of ketones is 1. The highest BCUT2D eigenvalue weighted by Crippen LogP contribution is 2.21. The van der Waals surface area contributed by atoms with Crippen LogP contribution in [0.2, 0.25) is 0 Å². The van der Waals surface area contributed by atoms with Crippen molar-refractivity contribution in [1.82, 2.24) is 4.98 Å². The van der Waals surface area contributed by atoms with Crippen molar-refractivity contribution in [1.29, 1.82) is 0 Å². The Morgan fingerprint density at radius 3 is 3.24 bits per heavy atom. The van der Waals surface area contributed by atoms with E-state index in [1.165, 1.54) is 6.92 Å². The van der Waals surface area contributed by atoms with Crippen LogP contribution >= 0.6 is 0 Å². The number of Topliss-reactive ketones (excluding diaryl/α,β-unsaturated/α-hetero) is 1. The van der Waals surface area contributed by atoms with Crippen LogP contribution in [-0.4, -0.2) is 48.3 Å². The Hall–Kier alpha value is -1.46. The third kappa shape index (κ3) is 2.45. The maximum Gasteiger partial charge on any atom is 0.163 e. The number of hydrogen-bond acceptors (Lipinski definition) is 5. The first-order valence-corrected chi connectivity index (χ1v) is 5.65. The summed E-state index contributed by atoms with van der Waals surface area (Å²) >= 11 is 0. The van der Waals surface area contributed by atoms with Gasteiger partial charge in [0.1, 0.15) is 5.82 Å². The van der Waals surface area contributed by atoms with Gasteiger partial charge in [-0.1, -0.05) is 0 Å². The van der Waals surface area contributed by atoms with Gasteiger partial charge in [0, 0.05) is 12.7 Å². The van der Waals surface area contributed by atoms with E-state index in [-0.39, 0.29) is 18.4 Å². The molecular weight excluding hydrogens is 220 g/mol. The van der Waals surface area contributed by atoms with Gasteiger partial charge in [-0.15, -0.1) is 0 Å². The van der Waals surface area contributed by atoms with E-state index >= 15 is 0 Å². The molecule has 2 rings (SSSR count). The van der Waals surface area contributed by atoms with Gasteiger partial charge >= 0.3 is 0 Å². The Morgan fingerprint density at radius 2 is 2.53 bits per heavy atom. The molecule has 1 aliphatic rings. The van der Waals surface area contributed by atoms with E-state index in [4.69, 9.17) is 4.74 Å². The lowest BCUT2D eigenvalue weighted by atomic mass is 10.1. The van der Waals surface area contributed by atoms with Gasteiger partial charge in [0.05, 0.1) is 31.4 Å². The van der Waals surface area contributed by atoms with Gasteiger partial charge < -0.3 is 14.7 Å². The van der Waals surface area contributed by atoms with Crippen LogP contribution in [0.1, 0.15) is 17.3 Å². The number of aromatic nitrogens is 1. The lowest BCUT2D eigenvalue weighted by Crippen LogP contribution is -2.48. The smallest absolute Gasteiger partial charge is 0.163 e. The fraction of sp³-hybridized carbons (Fsp3) is 0.500. The fourth-order valence-corrected chi connectivity index (χ4v) is 1.99. The molecule has 0 spiro atoms. The first-order valence-electron chi connectivity index (χ1n) is 5.65. The van der Waals surface area contributed by atoms with Crippen molar-refractivity contribution in [2.75, 3.05) is 31.3 Å². The minimum absolute atomic E-state index is 0.00603. The third-order valence-electron chi connectivity index (χ3n) is 2.88. The Kier molecular flexibility index (Phi) is 3.71. The molecule has 5 heteroatoms. The molecule has 5 nitrogen and oxygen atoms in total. The number of carbonyl (C=O) groups is 1. The summed E-state index contributed by atoms with van der Waals surface area (Å²) in [7, 11) is 0. The second-order valence-electron chi connectivity index (χ2n) is 4.04. The summed E-state index contributed by atoms with van der Waals surface area (Å²) < 4.78 is 5.31. The quantitative estimate of drug-likeness (QED) is 0.773. The second-order valence-corrected chi connectivity index (χ2v) is 4.04. The van der Waals surface area contributed by atoms with Crippen LogP contribution in [-0.2, 0) is 4.74 Å². The van der Waals surface area contributed by atoms with Crippen LogP contribution in [0, 0.1) is 0 Å². The molecule has 0 radical (unpaired) electrons. The molecule has 1 N–H and O–H groups in total. The SMILES string of the molecule is CC(=O)c1cccnc1N1CCOCC1CO. The third-order valence-corrected chi connectivity index (χ3v) is 2.88. The van der Waals surface area contributed by atoms with E-state index in [1.807, 2.05) is 4.90 Å². The van der Waals surface area contributed by atoms with Gasteiger partial charge in [0.15, 0.2) is 5.78 Å². The fourth-order valence-electron chi connectivity index (χ4n) is 1.99. The molecule has 1 unspecified atom stereocenters. The van der Waals surface area contributed by atoms with Crippen LogP contribution in [0.4, 0.5) is 5.82 Å². The number of carbonyl (C=O) groups excluding carboxylic acids is 1. The molecule has 0 bridgehead atoms. The molecule has 1 aromatic rings. The van der Waals surface area contributed by atoms with E-state index in [0.29, 0.717) is 31.1 Å². The maximum absolute atomic E-state index is 11.5. The lowest BCUT2D eigenvalue weighted by Gasteiger charge is -2.36. The number of nitrogens with zero attached hydrogens (tertiary/aromatic N) is 2. The predicted molar refractivity (Wildman–Crippen MR) is 63.3 cm³/mol. The van der Waals surface area contributed by atoms with Crippen molar-refractivity contribution in [2.45, 2.75) is 13.0 Å². The standard InChI is InChI=1S/C12H16N2O3/c1-9(16)11-3-2-4-13-12(11)14-5-6-17-8-10(14)7-15/h2-4,10,15H,5-8H2,1H3. The summed E-state index contributed by atoms with van der Waals surface area (Å²) in [6.45, 7) is 3.21. The monoisotopic (exact) mass is 236 g/mol. The van der Waals surface area contributed by atoms with Crippen LogP contribution in [0.25, 0.3) is 0 Å². The van der Waals surface area contributed by atoms with Crippen molar-refractivity contribution in [2.24, 2.45) is 0 Å². The highest BCUT2D eigenvalue weighted by atomic mass is 16.5. The minimum Gasteiger partial charge on any atom is -0.394 e. The number of aliphatic hydroxyl groups is 1. The Labute approximate surface area is 100 Å². The zero-order valence-corrected chi connectivity index (χ0v) is 9.80. The number of hydrogen-bond donors (Lipinski definition) is 1. The average molecular weight is 236 g/mol. The van der Waals surface area contributed by atoms with Crippen LogP contribution in [0.15, 0.2) is 18.3 Å². The number of ether oxygens (including phenoxy) is 1. The second kappa shape index (κ2) is 5.25. The summed E-state index contributed by atoms with van der Waals surface area (Å²) in [5.41, 5.74) is 0.591. The Morgan fingerprint density at radius 1 is 1.71 bits per heavy atom. The van der Waals surface area contributed by atoms with Crippen LogP contribution in [0.3, 0.4) is 0 Å². The van der Waals surface area contributed by atoms with Crippen molar-refractivity contribution < 1.29 is 14.6 Å². The van der Waals surface area contributed by atoms with Crippen molar-refractivity contribution in [3.63, 3.8) is 0 Å². The molecule has 17 heavy (non-hydrogen) atoms. The summed E-state index contributed by atoms with van der Waals surface area (Å²) in [6, 6.07) is 3.38. The van der Waals surface area contributed by atoms with Gasteiger partial charge in [0.2, 0.25) is 0 Å². The first-order chi connectivity index (χ1) is 8.24. The maximum atomic E-state index is 11.5. The Balaban J connectivity index is 2.34. The van der Waals surface area contributed by atoms with Gasteiger partial charge in [-0.2, -0.15) is 0 Å². The van der Waals surface area contributed by atoms with Crippen molar-refractivity contribution in [3.8, 4) is 0 Å². The number of pyridine rings is 1. The predicted octanol–water partition coefficient (Wildman–Crippen LogP) is 0.482. The normalized spacial score (nSPS) is 20.4. The molecule has 0 saturated carbocycles. The van der Waals surface area contributed by atoms with Gasteiger partial charge in [-0.25, -0.2) is 4.98 Å². The summed E-state index contributed by atoms with van der Waals surface area (Å²) in [6.07, 6.45) is 1.66. The molecule has 1 aromatic heterocycles. The molecule has 1 fully saturated rings. The summed E-state index contributed by atoms with van der Waals surface area (Å²) in [4.78, 5) is 17.7. The van der Waals surface area contributed by atoms with Crippen LogP contribution in [0.5, 0.6) is 0 Å². The molecule has 0 aromatic carbocycles. The lowest BCUT2D eigenvalue weighted by molar-refractivity contribution is 0.0720. The van der Waals surface area contributed by atoms with Gasteiger partial charge in [-0.05, 0) is 19.1 Å². The molecule has 92 valence electrons. The van der Waals surface area contributed by atoms with Crippen LogP contribution < -0.4 is 4.90 Å². The molecular formula is C12H16N2O3. The molecule has 2 heterocycles. The first kappa shape index (κ1) is 12.0. The number of anilines is 1. The minimum atomic E-state index is -0.128. The van der Waals surface area contributed by atoms with Crippen molar-refractivity contribution >= 4 is 11.6 Å². The topological polar surface area (TPSA) is 62.7 Å². The summed E-state index contributed by atoms with van der Waals surface area (Å²) in [5, 5.41) is 9.32. The Bertz CT molecular complexity index is 408. The van der Waals surface area contributed by atoms with E-state index in [1.54, 1.807) is 18.3 Å². The average Bonchev–Trinajstić information content (AvgIpc) is 2.38. The largest absolute Gasteiger partial charge is 0.394 e. The van der Waals surface area contributed by atoms with Gasteiger partial charge in [-0.3, -0.25) is 4.79 Å². The number of morpholine rings is 1. The molecule has 1 aliphatic heterocycles. The molecule has 0 aliphatic carbocycles. The zero-order chi connectivity index (χ0) is 12.3. The van der Waals surface area contributed by atoms with E-state index < -0.39 is 0 Å². The molecule has 0 amide bonds. The molecule has 1 saturated heterocycles. The zero-order valence-electron chi connectivity index (χ0n) is 9.80. The number of aliphatic hydroxyl groups excluding tert-OH is 1. The van der Waals surface area contributed by atoms with E-state index in [0.717, 1.165) is 0 Å². The highest BCUT2D eigenvalue weighted by Gasteiger charge is 2.26. The molecule has 1 atom stereocenters. The van der Waals surface area contributed by atoms with Crippen molar-refractivity contribution in [3.05, 3.63) is 23.9 Å².